The van der Waals surface area contributed by atoms with Gasteiger partial charge in [-0.25, -0.2) is 0 Å². The highest BCUT2D eigenvalue weighted by Crippen LogP contribution is 2.05. The highest BCUT2D eigenvalue weighted by atomic mass is 16.5. The fourth-order valence-corrected chi connectivity index (χ4v) is 1.53. The van der Waals surface area contributed by atoms with Crippen LogP contribution in [0.1, 0.15) is 25.2 Å². The molecule has 1 heterocycles. The van der Waals surface area contributed by atoms with Gasteiger partial charge in [0.1, 0.15) is 12.2 Å². The van der Waals surface area contributed by atoms with Crippen molar-refractivity contribution in [2.24, 2.45) is 7.05 Å². The normalized spacial score (nSPS) is 12.9. The van der Waals surface area contributed by atoms with Gasteiger partial charge in [0.2, 0.25) is 0 Å². The Balaban J connectivity index is 2.05. The Bertz CT molecular complexity index is 303. The molecule has 1 aromatic rings. The molecule has 0 fully saturated rings. The van der Waals surface area contributed by atoms with Gasteiger partial charge in [-0.15, -0.1) is 10.2 Å². The van der Waals surface area contributed by atoms with Crippen LogP contribution in [0.4, 0.5) is 0 Å². The van der Waals surface area contributed by atoms with E-state index in [1.165, 1.54) is 0 Å². The molecule has 0 aliphatic carbocycles. The van der Waals surface area contributed by atoms with E-state index in [4.69, 9.17) is 9.47 Å². The molecule has 0 aliphatic rings. The summed E-state index contributed by atoms with van der Waals surface area (Å²) in [5, 5.41) is 11.2. The van der Waals surface area contributed by atoms with E-state index in [2.05, 4.69) is 22.4 Å². The lowest BCUT2D eigenvalue weighted by atomic mass is 10.3. The van der Waals surface area contributed by atoms with E-state index in [-0.39, 0.29) is 6.04 Å². The highest BCUT2D eigenvalue weighted by Gasteiger charge is 2.09. The Morgan fingerprint density at radius 2 is 2.24 bits per heavy atom. The van der Waals surface area contributed by atoms with Crippen LogP contribution in [0.3, 0.4) is 0 Å². The fraction of sp³-hybridized carbons (Fsp3) is 0.818. The van der Waals surface area contributed by atoms with Crippen LogP contribution >= 0.6 is 0 Å². The maximum Gasteiger partial charge on any atom is 0.149 e. The Kier molecular flexibility index (Phi) is 6.76. The summed E-state index contributed by atoms with van der Waals surface area (Å²) >= 11 is 0. The Labute approximate surface area is 102 Å². The monoisotopic (exact) mass is 242 g/mol. The summed E-state index contributed by atoms with van der Waals surface area (Å²) in [5.41, 5.74) is 0. The van der Waals surface area contributed by atoms with Gasteiger partial charge in [0.15, 0.2) is 0 Å². The molecule has 0 aromatic carbocycles. The first-order chi connectivity index (χ1) is 8.25. The van der Waals surface area contributed by atoms with E-state index in [9.17, 15) is 0 Å². The van der Waals surface area contributed by atoms with E-state index in [1.54, 1.807) is 13.4 Å². The molecular weight excluding hydrogens is 220 g/mol. The first-order valence-electron chi connectivity index (χ1n) is 5.89. The van der Waals surface area contributed by atoms with Crippen molar-refractivity contribution in [1.82, 2.24) is 20.1 Å². The van der Waals surface area contributed by atoms with E-state index in [0.717, 1.165) is 32.0 Å². The second kappa shape index (κ2) is 8.16. The van der Waals surface area contributed by atoms with E-state index < -0.39 is 0 Å². The zero-order valence-electron chi connectivity index (χ0n) is 10.8. The maximum atomic E-state index is 5.45. The van der Waals surface area contributed by atoms with Gasteiger partial charge in [0.25, 0.3) is 0 Å². The topological polar surface area (TPSA) is 61.2 Å². The molecule has 0 amide bonds. The summed E-state index contributed by atoms with van der Waals surface area (Å²) in [6.45, 7) is 5.07. The Hall–Kier alpha value is -0.980. The fourth-order valence-electron chi connectivity index (χ4n) is 1.53. The number of hydrogen-bond donors (Lipinski definition) is 1. The van der Waals surface area contributed by atoms with Gasteiger partial charge in [-0.1, -0.05) is 0 Å². The van der Waals surface area contributed by atoms with Crippen LogP contribution < -0.4 is 5.32 Å². The first-order valence-corrected chi connectivity index (χ1v) is 5.89. The molecule has 6 heteroatoms. The van der Waals surface area contributed by atoms with Gasteiger partial charge in [0, 0.05) is 33.9 Å². The molecule has 0 saturated heterocycles. The number of nitrogens with one attached hydrogen (secondary N) is 1. The second-order valence-corrected chi connectivity index (χ2v) is 3.93. The molecule has 0 spiro atoms. The molecule has 0 radical (unpaired) electrons. The zero-order chi connectivity index (χ0) is 12.5. The minimum Gasteiger partial charge on any atom is -0.385 e. The van der Waals surface area contributed by atoms with Crippen molar-refractivity contribution in [3.8, 4) is 0 Å². The number of ether oxygens (including phenoxy) is 2. The van der Waals surface area contributed by atoms with Gasteiger partial charge in [-0.2, -0.15) is 0 Å². The Morgan fingerprint density at radius 3 is 2.88 bits per heavy atom. The molecule has 1 N–H and O–H groups in total. The lowest BCUT2D eigenvalue weighted by Crippen LogP contribution is -2.25. The number of rotatable bonds is 9. The molecule has 0 saturated carbocycles. The minimum atomic E-state index is 0.185. The molecule has 98 valence electrons. The van der Waals surface area contributed by atoms with Crippen LogP contribution in [0.25, 0.3) is 0 Å². The van der Waals surface area contributed by atoms with Crippen LogP contribution in [0.15, 0.2) is 6.33 Å². The van der Waals surface area contributed by atoms with Crippen LogP contribution in [0, 0.1) is 0 Å². The largest absolute Gasteiger partial charge is 0.385 e. The second-order valence-electron chi connectivity index (χ2n) is 3.93. The smallest absolute Gasteiger partial charge is 0.149 e. The van der Waals surface area contributed by atoms with Gasteiger partial charge < -0.3 is 19.4 Å². The van der Waals surface area contributed by atoms with E-state index >= 15 is 0 Å². The van der Waals surface area contributed by atoms with Crippen LogP contribution in [-0.4, -0.2) is 48.2 Å². The van der Waals surface area contributed by atoms with Crippen molar-refractivity contribution in [3.63, 3.8) is 0 Å². The summed E-state index contributed by atoms with van der Waals surface area (Å²) in [5.74, 6) is 0.935. The average molecular weight is 242 g/mol. The summed E-state index contributed by atoms with van der Waals surface area (Å²) < 4.78 is 12.3. The number of nitrogens with zero attached hydrogens (tertiary/aromatic N) is 3. The highest BCUT2D eigenvalue weighted by molar-refractivity contribution is 4.91. The van der Waals surface area contributed by atoms with Gasteiger partial charge >= 0.3 is 0 Å². The maximum absolute atomic E-state index is 5.45. The van der Waals surface area contributed by atoms with Gasteiger partial charge in [-0.3, -0.25) is 0 Å². The van der Waals surface area contributed by atoms with Crippen molar-refractivity contribution in [3.05, 3.63) is 12.2 Å². The molecule has 17 heavy (non-hydrogen) atoms. The summed E-state index contributed by atoms with van der Waals surface area (Å²) in [4.78, 5) is 0. The predicted molar refractivity (Wildman–Crippen MR) is 64.7 cm³/mol. The minimum absolute atomic E-state index is 0.185. The molecule has 6 nitrogen and oxygen atoms in total. The SMILES string of the molecule is COCCCOCCNC(C)c1nncn1C. The molecule has 1 unspecified atom stereocenters. The van der Waals surface area contributed by atoms with E-state index in [0.29, 0.717) is 6.61 Å². The third kappa shape index (κ3) is 5.25. The van der Waals surface area contributed by atoms with Crippen molar-refractivity contribution >= 4 is 0 Å². The molecule has 1 rings (SSSR count). The summed E-state index contributed by atoms with van der Waals surface area (Å²) in [7, 11) is 3.64. The van der Waals surface area contributed by atoms with Crippen molar-refractivity contribution in [2.75, 3.05) is 33.5 Å². The lowest BCUT2D eigenvalue weighted by molar-refractivity contribution is 0.103. The molecule has 1 atom stereocenters. The summed E-state index contributed by atoms with van der Waals surface area (Å²) in [6.07, 6.45) is 2.64. The Morgan fingerprint density at radius 1 is 1.41 bits per heavy atom. The third-order valence-electron chi connectivity index (χ3n) is 2.47. The lowest BCUT2D eigenvalue weighted by Gasteiger charge is -2.12. The summed E-state index contributed by atoms with van der Waals surface area (Å²) in [6, 6.07) is 0.185. The molecule has 0 bridgehead atoms. The van der Waals surface area contributed by atoms with Crippen molar-refractivity contribution < 1.29 is 9.47 Å². The number of hydrogen-bond acceptors (Lipinski definition) is 5. The molecular formula is C11H22N4O2. The van der Waals surface area contributed by atoms with Crippen LogP contribution in [0.5, 0.6) is 0 Å². The number of aromatic nitrogens is 3. The molecule has 0 aliphatic heterocycles. The van der Waals surface area contributed by atoms with Gasteiger partial charge in [-0.05, 0) is 13.3 Å². The van der Waals surface area contributed by atoms with Crippen molar-refractivity contribution in [2.45, 2.75) is 19.4 Å². The molecule has 1 aromatic heterocycles. The number of methoxy groups -OCH3 is 1. The average Bonchev–Trinajstić information content (AvgIpc) is 2.74. The standard InChI is InChI=1S/C11H22N4O2/c1-10(11-14-13-9-15(11)2)12-5-8-17-7-4-6-16-3/h9-10,12H,4-8H2,1-3H3. The quantitative estimate of drug-likeness (QED) is 0.640. The van der Waals surface area contributed by atoms with E-state index in [1.807, 2.05) is 11.6 Å². The van der Waals surface area contributed by atoms with Crippen molar-refractivity contribution in [1.29, 1.82) is 0 Å². The van der Waals surface area contributed by atoms with Crippen LogP contribution in [0.2, 0.25) is 0 Å². The third-order valence-corrected chi connectivity index (χ3v) is 2.47. The zero-order valence-corrected chi connectivity index (χ0v) is 10.8. The first kappa shape index (κ1) is 14.1. The van der Waals surface area contributed by atoms with Gasteiger partial charge in [0.05, 0.1) is 12.6 Å². The predicted octanol–water partition coefficient (Wildman–Crippen LogP) is 0.519. The number of aryl methyl sites for hydroxylation is 1. The van der Waals surface area contributed by atoms with Crippen LogP contribution in [-0.2, 0) is 16.5 Å².